The molecule has 0 spiro atoms. The fraction of sp³-hybridized carbons (Fsp3) is 0.583. The largest absolute Gasteiger partial charge is 0.388 e. The zero-order valence-electron chi connectivity index (χ0n) is 8.55. The van der Waals surface area contributed by atoms with E-state index in [1.165, 1.54) is 18.4 Å². The Morgan fingerprint density at radius 1 is 1.43 bits per heavy atom. The van der Waals surface area contributed by atoms with Gasteiger partial charge in [0.25, 0.3) is 0 Å². The first-order chi connectivity index (χ1) is 6.70. The maximum atomic E-state index is 11.6. The summed E-state index contributed by atoms with van der Waals surface area (Å²) in [5.41, 5.74) is 2.88. The summed E-state index contributed by atoms with van der Waals surface area (Å²) in [6.45, 7) is 1.88. The highest BCUT2D eigenvalue weighted by Crippen LogP contribution is 2.33. The highest BCUT2D eigenvalue weighted by atomic mass is 16.3. The van der Waals surface area contributed by atoms with Gasteiger partial charge < -0.3 is 5.11 Å². The van der Waals surface area contributed by atoms with Crippen LogP contribution in [0.25, 0.3) is 0 Å². The van der Waals surface area contributed by atoms with Crippen molar-refractivity contribution in [3.8, 4) is 0 Å². The van der Waals surface area contributed by atoms with Crippen LogP contribution in [0.15, 0.2) is 22.8 Å². The second-order valence-electron chi connectivity index (χ2n) is 4.18. The van der Waals surface area contributed by atoms with E-state index in [9.17, 15) is 9.90 Å². The standard InChI is InChI=1S/C12H16O2/c1-8-10(13)7-11(14)12(8)9-5-3-2-4-6-9/h5,10,13H,2-4,6-7H2,1H3. The van der Waals surface area contributed by atoms with Crippen LogP contribution in [0, 0.1) is 0 Å². The van der Waals surface area contributed by atoms with Crippen LogP contribution in [0.2, 0.25) is 0 Å². The topological polar surface area (TPSA) is 37.3 Å². The summed E-state index contributed by atoms with van der Waals surface area (Å²) in [5, 5.41) is 9.56. The molecular weight excluding hydrogens is 176 g/mol. The SMILES string of the molecule is CC1=C(C2=CCCCC2)C(=O)CC1O. The molecule has 2 aliphatic carbocycles. The molecule has 2 aliphatic rings. The van der Waals surface area contributed by atoms with Gasteiger partial charge in [0.2, 0.25) is 0 Å². The zero-order valence-corrected chi connectivity index (χ0v) is 8.55. The van der Waals surface area contributed by atoms with Gasteiger partial charge in [-0.3, -0.25) is 4.79 Å². The molecule has 0 bridgehead atoms. The number of hydrogen-bond donors (Lipinski definition) is 1. The van der Waals surface area contributed by atoms with E-state index in [1.54, 1.807) is 0 Å². The molecule has 0 aliphatic heterocycles. The first-order valence-corrected chi connectivity index (χ1v) is 5.31. The predicted molar refractivity (Wildman–Crippen MR) is 54.9 cm³/mol. The molecule has 2 rings (SSSR count). The average molecular weight is 192 g/mol. The van der Waals surface area contributed by atoms with Crippen LogP contribution in [-0.4, -0.2) is 17.0 Å². The number of carbonyl (C=O) groups excluding carboxylic acids is 1. The summed E-state index contributed by atoms with van der Waals surface area (Å²) in [4.78, 5) is 11.6. The Bertz CT molecular complexity index is 323. The molecule has 0 aromatic heterocycles. The Morgan fingerprint density at radius 3 is 2.71 bits per heavy atom. The van der Waals surface area contributed by atoms with Crippen molar-refractivity contribution in [3.05, 3.63) is 22.8 Å². The summed E-state index contributed by atoms with van der Waals surface area (Å²) >= 11 is 0. The molecule has 2 nitrogen and oxygen atoms in total. The van der Waals surface area contributed by atoms with Gasteiger partial charge in [-0.1, -0.05) is 6.08 Å². The number of hydrogen-bond acceptors (Lipinski definition) is 2. The van der Waals surface area contributed by atoms with Crippen LogP contribution >= 0.6 is 0 Å². The van der Waals surface area contributed by atoms with Crippen LogP contribution in [0.4, 0.5) is 0 Å². The van der Waals surface area contributed by atoms with Crippen molar-refractivity contribution in [1.29, 1.82) is 0 Å². The van der Waals surface area contributed by atoms with E-state index >= 15 is 0 Å². The molecule has 2 heteroatoms. The van der Waals surface area contributed by atoms with E-state index in [-0.39, 0.29) is 5.78 Å². The lowest BCUT2D eigenvalue weighted by Crippen LogP contribution is -2.04. The second-order valence-corrected chi connectivity index (χ2v) is 4.18. The number of aliphatic hydroxyl groups excluding tert-OH is 1. The van der Waals surface area contributed by atoms with Crippen LogP contribution in [-0.2, 0) is 4.79 Å². The Hall–Kier alpha value is -0.890. The fourth-order valence-corrected chi connectivity index (χ4v) is 2.31. The van der Waals surface area contributed by atoms with E-state index in [4.69, 9.17) is 0 Å². The quantitative estimate of drug-likeness (QED) is 0.691. The third-order valence-corrected chi connectivity index (χ3v) is 3.16. The van der Waals surface area contributed by atoms with Gasteiger partial charge in [0.15, 0.2) is 5.78 Å². The molecule has 0 amide bonds. The van der Waals surface area contributed by atoms with Crippen molar-refractivity contribution < 1.29 is 9.90 Å². The second kappa shape index (κ2) is 3.70. The lowest BCUT2D eigenvalue weighted by Gasteiger charge is -2.13. The normalized spacial score (nSPS) is 28.3. The van der Waals surface area contributed by atoms with Gasteiger partial charge in [0.05, 0.1) is 6.10 Å². The first kappa shape index (κ1) is 9.66. The number of ketones is 1. The van der Waals surface area contributed by atoms with Crippen molar-refractivity contribution in [2.24, 2.45) is 0 Å². The Morgan fingerprint density at radius 2 is 2.21 bits per heavy atom. The molecule has 76 valence electrons. The molecule has 0 saturated heterocycles. The number of aliphatic hydroxyl groups is 1. The molecule has 1 N–H and O–H groups in total. The lowest BCUT2D eigenvalue weighted by atomic mass is 9.91. The molecule has 0 saturated carbocycles. The molecule has 0 heterocycles. The summed E-state index contributed by atoms with van der Waals surface area (Å²) in [5.74, 6) is 0.128. The third kappa shape index (κ3) is 1.55. The van der Waals surface area contributed by atoms with Gasteiger partial charge in [-0.05, 0) is 43.8 Å². The first-order valence-electron chi connectivity index (χ1n) is 5.31. The Kier molecular flexibility index (Phi) is 2.55. The molecule has 0 radical (unpaired) electrons. The van der Waals surface area contributed by atoms with Crippen molar-refractivity contribution in [1.82, 2.24) is 0 Å². The van der Waals surface area contributed by atoms with Gasteiger partial charge >= 0.3 is 0 Å². The molecule has 0 aromatic carbocycles. The summed E-state index contributed by atoms with van der Waals surface area (Å²) in [7, 11) is 0. The fourth-order valence-electron chi connectivity index (χ4n) is 2.31. The predicted octanol–water partition coefficient (Wildman–Crippen LogP) is 2.14. The van der Waals surface area contributed by atoms with Gasteiger partial charge in [0.1, 0.15) is 0 Å². The molecule has 14 heavy (non-hydrogen) atoms. The Labute approximate surface area is 84.3 Å². The smallest absolute Gasteiger partial charge is 0.166 e. The monoisotopic (exact) mass is 192 g/mol. The van der Waals surface area contributed by atoms with E-state index in [2.05, 4.69) is 6.08 Å². The molecular formula is C12H16O2. The minimum Gasteiger partial charge on any atom is -0.388 e. The third-order valence-electron chi connectivity index (χ3n) is 3.16. The minimum absolute atomic E-state index is 0.128. The summed E-state index contributed by atoms with van der Waals surface area (Å²) in [6.07, 6.45) is 6.41. The van der Waals surface area contributed by atoms with Gasteiger partial charge in [-0.25, -0.2) is 0 Å². The Balaban J connectivity index is 2.32. The van der Waals surface area contributed by atoms with Crippen molar-refractivity contribution in [2.45, 2.75) is 45.1 Å². The van der Waals surface area contributed by atoms with Gasteiger partial charge in [0, 0.05) is 12.0 Å². The average Bonchev–Trinajstić information content (AvgIpc) is 2.43. The van der Waals surface area contributed by atoms with E-state index < -0.39 is 6.10 Å². The van der Waals surface area contributed by atoms with E-state index in [0.29, 0.717) is 6.42 Å². The maximum Gasteiger partial charge on any atom is 0.166 e. The zero-order chi connectivity index (χ0) is 10.1. The van der Waals surface area contributed by atoms with E-state index in [0.717, 1.165) is 24.0 Å². The molecule has 0 fully saturated rings. The van der Waals surface area contributed by atoms with Crippen molar-refractivity contribution >= 4 is 5.78 Å². The van der Waals surface area contributed by atoms with Crippen molar-refractivity contribution in [3.63, 3.8) is 0 Å². The van der Waals surface area contributed by atoms with Crippen LogP contribution in [0.1, 0.15) is 39.0 Å². The number of carbonyl (C=O) groups is 1. The number of rotatable bonds is 1. The minimum atomic E-state index is -0.527. The van der Waals surface area contributed by atoms with Gasteiger partial charge in [-0.15, -0.1) is 0 Å². The lowest BCUT2D eigenvalue weighted by molar-refractivity contribution is -0.115. The number of Topliss-reactive ketones (excluding diaryl/α,β-unsaturated/α-hetero) is 1. The van der Waals surface area contributed by atoms with Crippen molar-refractivity contribution in [2.75, 3.05) is 0 Å². The molecule has 1 unspecified atom stereocenters. The highest BCUT2D eigenvalue weighted by molar-refractivity contribution is 6.03. The summed E-state index contributed by atoms with van der Waals surface area (Å²) < 4.78 is 0. The maximum absolute atomic E-state index is 11.6. The molecule has 0 aromatic rings. The van der Waals surface area contributed by atoms with Gasteiger partial charge in [-0.2, -0.15) is 0 Å². The summed E-state index contributed by atoms with van der Waals surface area (Å²) in [6, 6.07) is 0. The van der Waals surface area contributed by atoms with Crippen LogP contribution < -0.4 is 0 Å². The van der Waals surface area contributed by atoms with E-state index in [1.807, 2.05) is 6.92 Å². The highest BCUT2D eigenvalue weighted by Gasteiger charge is 2.30. The van der Waals surface area contributed by atoms with Crippen LogP contribution in [0.5, 0.6) is 0 Å². The van der Waals surface area contributed by atoms with Crippen LogP contribution in [0.3, 0.4) is 0 Å². The number of allylic oxidation sites excluding steroid dienone is 3. The molecule has 1 atom stereocenters.